The molecule has 3 heterocycles. The lowest BCUT2D eigenvalue weighted by molar-refractivity contribution is 0.0970. The number of rotatable bonds is 7. The van der Waals surface area contributed by atoms with Crippen LogP contribution in [-0.4, -0.2) is 20.5 Å². The van der Waals surface area contributed by atoms with Crippen LogP contribution < -0.4 is 0 Å². The van der Waals surface area contributed by atoms with Crippen LogP contribution in [0.5, 0.6) is 0 Å². The fraction of sp³-hybridized carbons (Fsp3) is 0.312. The molecular weight excluding hydrogens is 282 g/mol. The molecule has 0 aliphatic carbocycles. The van der Waals surface area contributed by atoms with Crippen molar-refractivity contribution >= 4 is 5.78 Å². The number of furan rings is 1. The highest BCUT2D eigenvalue weighted by molar-refractivity contribution is 5.94. The summed E-state index contributed by atoms with van der Waals surface area (Å²) in [7, 11) is 0. The lowest BCUT2D eigenvalue weighted by Gasteiger charge is -2.03. The molecule has 0 saturated carbocycles. The van der Waals surface area contributed by atoms with E-state index < -0.39 is 0 Å². The molecule has 3 aromatic rings. The molecule has 6 nitrogen and oxygen atoms in total. The van der Waals surface area contributed by atoms with Crippen LogP contribution in [0.15, 0.2) is 45.8 Å². The van der Waals surface area contributed by atoms with Crippen molar-refractivity contribution in [2.75, 3.05) is 0 Å². The lowest BCUT2D eigenvalue weighted by atomic mass is 10.1. The van der Waals surface area contributed by atoms with Gasteiger partial charge in [0.1, 0.15) is 11.5 Å². The van der Waals surface area contributed by atoms with Crippen molar-refractivity contribution in [2.24, 2.45) is 0 Å². The first-order valence-electron chi connectivity index (χ1n) is 7.25. The highest BCUT2D eigenvalue weighted by atomic mass is 16.5. The average molecular weight is 299 g/mol. The summed E-state index contributed by atoms with van der Waals surface area (Å²) < 4.78 is 12.4. The standard InChI is InChI=1S/C16H17N3O3/c1-12-17-7-9-19(12)8-3-2-5-14(20)13-11-16(22-18-13)15-6-4-10-21-15/h4,6-7,9-11H,2-3,5,8H2,1H3. The quantitative estimate of drug-likeness (QED) is 0.493. The van der Waals surface area contributed by atoms with E-state index in [-0.39, 0.29) is 5.78 Å². The van der Waals surface area contributed by atoms with Gasteiger partial charge in [0.2, 0.25) is 5.76 Å². The molecule has 3 aromatic heterocycles. The van der Waals surface area contributed by atoms with Gasteiger partial charge in [0.25, 0.3) is 0 Å². The minimum atomic E-state index is -0.0103. The van der Waals surface area contributed by atoms with Gasteiger partial charge < -0.3 is 13.5 Å². The van der Waals surface area contributed by atoms with Gasteiger partial charge in [-0.3, -0.25) is 4.79 Å². The SMILES string of the molecule is Cc1nccn1CCCCC(=O)c1cc(-c2ccco2)on1. The van der Waals surface area contributed by atoms with E-state index in [2.05, 4.69) is 14.7 Å². The number of unbranched alkanes of at least 4 members (excludes halogenated alkanes) is 1. The molecule has 0 bridgehead atoms. The van der Waals surface area contributed by atoms with E-state index in [0.717, 1.165) is 25.2 Å². The highest BCUT2D eigenvalue weighted by Gasteiger charge is 2.14. The molecule has 0 aliphatic heterocycles. The van der Waals surface area contributed by atoms with Gasteiger partial charge in [-0.15, -0.1) is 0 Å². The molecule has 0 N–H and O–H groups in total. The molecule has 0 radical (unpaired) electrons. The molecule has 0 atom stereocenters. The predicted molar refractivity (Wildman–Crippen MR) is 79.4 cm³/mol. The van der Waals surface area contributed by atoms with Gasteiger partial charge in [0.15, 0.2) is 11.5 Å². The number of nitrogens with zero attached hydrogens (tertiary/aromatic N) is 3. The maximum Gasteiger partial charge on any atom is 0.202 e. The first-order valence-corrected chi connectivity index (χ1v) is 7.25. The fourth-order valence-corrected chi connectivity index (χ4v) is 2.28. The maximum absolute atomic E-state index is 12.1. The maximum atomic E-state index is 12.1. The zero-order valence-corrected chi connectivity index (χ0v) is 12.4. The topological polar surface area (TPSA) is 74.1 Å². The Labute approximate surface area is 127 Å². The van der Waals surface area contributed by atoms with Crippen molar-refractivity contribution in [1.82, 2.24) is 14.7 Å². The normalized spacial score (nSPS) is 11.0. The minimum Gasteiger partial charge on any atom is -0.461 e. The number of hydrogen-bond donors (Lipinski definition) is 0. The molecule has 22 heavy (non-hydrogen) atoms. The van der Waals surface area contributed by atoms with E-state index in [0.29, 0.717) is 23.6 Å². The van der Waals surface area contributed by atoms with Crippen LogP contribution in [0.3, 0.4) is 0 Å². The summed E-state index contributed by atoms with van der Waals surface area (Å²) in [4.78, 5) is 16.3. The number of Topliss-reactive ketones (excluding diaryl/α,β-unsaturated/α-hetero) is 1. The minimum absolute atomic E-state index is 0.0103. The molecule has 6 heteroatoms. The molecule has 0 unspecified atom stereocenters. The molecule has 0 amide bonds. The molecule has 0 saturated heterocycles. The molecule has 0 aliphatic rings. The summed E-state index contributed by atoms with van der Waals surface area (Å²) in [5.74, 6) is 2.03. The number of carbonyl (C=O) groups is 1. The monoisotopic (exact) mass is 299 g/mol. The van der Waals surface area contributed by atoms with Gasteiger partial charge in [0.05, 0.1) is 6.26 Å². The molecular formula is C16H17N3O3. The summed E-state index contributed by atoms with van der Waals surface area (Å²) >= 11 is 0. The Hall–Kier alpha value is -2.63. The Morgan fingerprint density at radius 1 is 1.32 bits per heavy atom. The average Bonchev–Trinajstić information content (AvgIpc) is 3.24. The number of hydrogen-bond acceptors (Lipinski definition) is 5. The van der Waals surface area contributed by atoms with Crippen LogP contribution in [0.1, 0.15) is 35.6 Å². The van der Waals surface area contributed by atoms with Crippen LogP contribution >= 0.6 is 0 Å². The van der Waals surface area contributed by atoms with E-state index >= 15 is 0 Å². The van der Waals surface area contributed by atoms with Crippen LogP contribution in [-0.2, 0) is 6.54 Å². The van der Waals surface area contributed by atoms with Crippen LogP contribution in [0.2, 0.25) is 0 Å². The zero-order chi connectivity index (χ0) is 15.4. The van der Waals surface area contributed by atoms with Crippen molar-refractivity contribution in [3.63, 3.8) is 0 Å². The second kappa shape index (κ2) is 6.43. The van der Waals surface area contributed by atoms with Gasteiger partial charge in [-0.05, 0) is 31.9 Å². The van der Waals surface area contributed by atoms with Crippen molar-refractivity contribution in [3.8, 4) is 11.5 Å². The third-order valence-electron chi connectivity index (χ3n) is 3.54. The molecule has 114 valence electrons. The third kappa shape index (κ3) is 3.16. The molecule has 0 aromatic carbocycles. The van der Waals surface area contributed by atoms with Gasteiger partial charge in [-0.1, -0.05) is 5.16 Å². The second-order valence-corrected chi connectivity index (χ2v) is 5.10. The first kappa shape index (κ1) is 14.3. The van der Waals surface area contributed by atoms with Crippen molar-refractivity contribution in [2.45, 2.75) is 32.7 Å². The highest BCUT2D eigenvalue weighted by Crippen LogP contribution is 2.21. The largest absolute Gasteiger partial charge is 0.461 e. The molecule has 0 spiro atoms. The summed E-state index contributed by atoms with van der Waals surface area (Å²) in [6.45, 7) is 2.84. The Bertz CT molecular complexity index is 740. The third-order valence-corrected chi connectivity index (χ3v) is 3.54. The van der Waals surface area contributed by atoms with Gasteiger partial charge in [-0.2, -0.15) is 0 Å². The van der Waals surface area contributed by atoms with Crippen molar-refractivity contribution < 1.29 is 13.7 Å². The Morgan fingerprint density at radius 2 is 2.23 bits per heavy atom. The predicted octanol–water partition coefficient (Wildman–Crippen LogP) is 3.49. The second-order valence-electron chi connectivity index (χ2n) is 5.10. The van der Waals surface area contributed by atoms with E-state index in [4.69, 9.17) is 8.94 Å². The summed E-state index contributed by atoms with van der Waals surface area (Å²) in [5.41, 5.74) is 0.352. The van der Waals surface area contributed by atoms with E-state index in [1.807, 2.05) is 13.1 Å². The van der Waals surface area contributed by atoms with Gasteiger partial charge >= 0.3 is 0 Å². The van der Waals surface area contributed by atoms with E-state index in [1.165, 1.54) is 0 Å². The summed E-state index contributed by atoms with van der Waals surface area (Å²) in [5, 5.41) is 3.82. The fourth-order valence-electron chi connectivity index (χ4n) is 2.28. The Kier molecular flexibility index (Phi) is 4.18. The van der Waals surface area contributed by atoms with Gasteiger partial charge in [-0.25, -0.2) is 4.98 Å². The van der Waals surface area contributed by atoms with Crippen molar-refractivity contribution in [3.05, 3.63) is 48.4 Å². The number of aryl methyl sites for hydroxylation is 2. The van der Waals surface area contributed by atoms with Crippen molar-refractivity contribution in [1.29, 1.82) is 0 Å². The van der Waals surface area contributed by atoms with Crippen LogP contribution in [0.25, 0.3) is 11.5 Å². The number of ketones is 1. The van der Waals surface area contributed by atoms with E-state index in [9.17, 15) is 4.79 Å². The molecule has 0 fully saturated rings. The van der Waals surface area contributed by atoms with Gasteiger partial charge in [0, 0.05) is 31.4 Å². The summed E-state index contributed by atoms with van der Waals surface area (Å²) in [6, 6.07) is 5.15. The zero-order valence-electron chi connectivity index (χ0n) is 12.4. The Balaban J connectivity index is 1.49. The van der Waals surface area contributed by atoms with Crippen LogP contribution in [0.4, 0.5) is 0 Å². The number of imidazole rings is 1. The molecule has 3 rings (SSSR count). The van der Waals surface area contributed by atoms with E-state index in [1.54, 1.807) is 30.7 Å². The number of carbonyl (C=O) groups excluding carboxylic acids is 1. The smallest absolute Gasteiger partial charge is 0.202 e. The Morgan fingerprint density at radius 3 is 2.95 bits per heavy atom. The number of aromatic nitrogens is 3. The lowest BCUT2D eigenvalue weighted by Crippen LogP contribution is -2.02. The first-order chi connectivity index (χ1) is 10.7. The van der Waals surface area contributed by atoms with Crippen LogP contribution in [0, 0.1) is 6.92 Å². The summed E-state index contributed by atoms with van der Waals surface area (Å²) in [6.07, 6.45) is 7.47.